The van der Waals surface area contributed by atoms with Crippen LogP contribution in [0, 0.1) is 5.92 Å². The molecule has 21 heavy (non-hydrogen) atoms. The highest BCUT2D eigenvalue weighted by molar-refractivity contribution is 5.74. The summed E-state index contributed by atoms with van der Waals surface area (Å²) in [7, 11) is 1.32. The minimum Gasteiger partial charge on any atom is -0.469 e. The molecule has 0 fully saturated rings. The van der Waals surface area contributed by atoms with E-state index in [-0.39, 0.29) is 0 Å². The molecule has 2 atom stereocenters. The van der Waals surface area contributed by atoms with Crippen LogP contribution < -0.4 is 0 Å². The van der Waals surface area contributed by atoms with E-state index in [1.54, 1.807) is 25.1 Å². The van der Waals surface area contributed by atoms with Gasteiger partial charge in [-0.25, -0.2) is 4.68 Å². The first-order chi connectivity index (χ1) is 10.0. The molecule has 112 valence electrons. The summed E-state index contributed by atoms with van der Waals surface area (Å²) in [6, 6.07) is 7.11. The van der Waals surface area contributed by atoms with Gasteiger partial charge in [-0.3, -0.25) is 4.79 Å². The van der Waals surface area contributed by atoms with E-state index in [4.69, 9.17) is 4.74 Å². The Morgan fingerprint density at radius 1 is 1.52 bits per heavy atom. The van der Waals surface area contributed by atoms with Crippen LogP contribution in [0.5, 0.6) is 0 Å². The zero-order valence-corrected chi connectivity index (χ0v) is 12.2. The number of aromatic nitrogens is 4. The van der Waals surface area contributed by atoms with E-state index in [0.29, 0.717) is 17.7 Å². The molecule has 0 radical (unpaired) electrons. The van der Waals surface area contributed by atoms with Gasteiger partial charge in [0.15, 0.2) is 0 Å². The summed E-state index contributed by atoms with van der Waals surface area (Å²) >= 11 is 0. The summed E-state index contributed by atoms with van der Waals surface area (Å²) in [5.41, 5.74) is -0.0310. The fraction of sp³-hybridized carbons (Fsp3) is 0.429. The van der Waals surface area contributed by atoms with Gasteiger partial charge in [0.1, 0.15) is 11.9 Å². The van der Waals surface area contributed by atoms with E-state index in [1.165, 1.54) is 18.1 Å². The van der Waals surface area contributed by atoms with Gasteiger partial charge in [0, 0.05) is 0 Å². The zero-order valence-electron chi connectivity index (χ0n) is 12.2. The predicted molar refractivity (Wildman–Crippen MR) is 74.5 cm³/mol. The van der Waals surface area contributed by atoms with Crippen molar-refractivity contribution in [3.8, 4) is 5.69 Å². The molecule has 0 spiro atoms. The standard InChI is InChI=1S/C14H18N4O3/c1-4-12(13(19)21-3)14(2,20)10-6-5-7-11(8-10)18-9-15-16-17-18/h5-9,12,20H,4H2,1-3H3. The fourth-order valence-electron chi connectivity index (χ4n) is 2.38. The summed E-state index contributed by atoms with van der Waals surface area (Å²) in [5, 5.41) is 21.8. The highest BCUT2D eigenvalue weighted by Gasteiger charge is 2.38. The molecule has 0 bridgehead atoms. The van der Waals surface area contributed by atoms with Crippen molar-refractivity contribution in [3.05, 3.63) is 36.2 Å². The van der Waals surface area contributed by atoms with E-state index < -0.39 is 17.5 Å². The third kappa shape index (κ3) is 2.92. The number of carbonyl (C=O) groups excluding carboxylic acids is 1. The van der Waals surface area contributed by atoms with Crippen molar-refractivity contribution in [2.24, 2.45) is 5.92 Å². The van der Waals surface area contributed by atoms with E-state index in [0.717, 1.165) is 0 Å². The lowest BCUT2D eigenvalue weighted by Gasteiger charge is -2.31. The van der Waals surface area contributed by atoms with Crippen molar-refractivity contribution in [1.29, 1.82) is 0 Å². The van der Waals surface area contributed by atoms with Crippen LogP contribution >= 0.6 is 0 Å². The fourth-order valence-corrected chi connectivity index (χ4v) is 2.38. The van der Waals surface area contributed by atoms with Crippen LogP contribution in [0.2, 0.25) is 0 Å². The summed E-state index contributed by atoms with van der Waals surface area (Å²) < 4.78 is 6.26. The Kier molecular flexibility index (Phi) is 4.32. The van der Waals surface area contributed by atoms with E-state index in [2.05, 4.69) is 15.5 Å². The molecule has 2 aromatic rings. The maximum Gasteiger partial charge on any atom is 0.311 e. The molecule has 7 heteroatoms. The molecule has 7 nitrogen and oxygen atoms in total. The highest BCUT2D eigenvalue weighted by Crippen LogP contribution is 2.33. The number of nitrogens with zero attached hydrogens (tertiary/aromatic N) is 4. The van der Waals surface area contributed by atoms with E-state index in [1.807, 2.05) is 13.0 Å². The van der Waals surface area contributed by atoms with Gasteiger partial charge in [0.05, 0.1) is 18.7 Å². The number of aliphatic hydroxyl groups is 1. The van der Waals surface area contributed by atoms with Gasteiger partial charge in [-0.2, -0.15) is 0 Å². The average Bonchev–Trinajstić information content (AvgIpc) is 3.02. The number of ether oxygens (including phenoxy) is 1. The van der Waals surface area contributed by atoms with Crippen LogP contribution in [-0.4, -0.2) is 38.4 Å². The number of tetrazole rings is 1. The van der Waals surface area contributed by atoms with Gasteiger partial charge < -0.3 is 9.84 Å². The molecule has 0 aliphatic rings. The largest absolute Gasteiger partial charge is 0.469 e. The zero-order chi connectivity index (χ0) is 15.5. The first-order valence-corrected chi connectivity index (χ1v) is 6.64. The van der Waals surface area contributed by atoms with Gasteiger partial charge in [-0.1, -0.05) is 19.1 Å². The monoisotopic (exact) mass is 290 g/mol. The summed E-state index contributed by atoms with van der Waals surface area (Å²) in [4.78, 5) is 11.9. The molecule has 1 aromatic heterocycles. The van der Waals surface area contributed by atoms with Crippen LogP contribution in [0.1, 0.15) is 25.8 Å². The normalized spacial score (nSPS) is 15.2. The molecule has 1 N–H and O–H groups in total. The van der Waals surface area contributed by atoms with Crippen molar-refractivity contribution in [3.63, 3.8) is 0 Å². The number of hydrogen-bond acceptors (Lipinski definition) is 6. The molecule has 0 aliphatic heterocycles. The maximum atomic E-state index is 11.9. The second-order valence-corrected chi connectivity index (χ2v) is 4.94. The quantitative estimate of drug-likeness (QED) is 0.828. The number of esters is 1. The second-order valence-electron chi connectivity index (χ2n) is 4.94. The Morgan fingerprint density at radius 2 is 2.29 bits per heavy atom. The minimum absolute atomic E-state index is 0.435. The topological polar surface area (TPSA) is 90.1 Å². The Hall–Kier alpha value is -2.28. The third-order valence-electron chi connectivity index (χ3n) is 3.62. The van der Waals surface area contributed by atoms with Gasteiger partial charge in [0.25, 0.3) is 0 Å². The Bertz CT molecular complexity index is 610. The van der Waals surface area contributed by atoms with Gasteiger partial charge in [0.2, 0.25) is 0 Å². The predicted octanol–water partition coefficient (Wildman–Crippen LogP) is 1.07. The first-order valence-electron chi connectivity index (χ1n) is 6.64. The molecule has 0 saturated carbocycles. The number of rotatable bonds is 5. The molecular weight excluding hydrogens is 272 g/mol. The van der Waals surface area contributed by atoms with Crippen LogP contribution in [0.4, 0.5) is 0 Å². The molecule has 0 saturated heterocycles. The molecule has 1 heterocycles. The lowest BCUT2D eigenvalue weighted by Crippen LogP contribution is -2.37. The maximum absolute atomic E-state index is 11.9. The van der Waals surface area contributed by atoms with Crippen molar-refractivity contribution >= 4 is 5.97 Å². The van der Waals surface area contributed by atoms with Gasteiger partial charge in [-0.15, -0.1) is 5.10 Å². The number of methoxy groups -OCH3 is 1. The van der Waals surface area contributed by atoms with Gasteiger partial charge >= 0.3 is 5.97 Å². The van der Waals surface area contributed by atoms with Crippen molar-refractivity contribution in [2.45, 2.75) is 25.9 Å². The van der Waals surface area contributed by atoms with Crippen molar-refractivity contribution < 1.29 is 14.6 Å². The lowest BCUT2D eigenvalue weighted by molar-refractivity contribution is -0.155. The first kappa shape index (κ1) is 15.1. The average molecular weight is 290 g/mol. The molecule has 0 aliphatic carbocycles. The number of hydrogen-bond donors (Lipinski definition) is 1. The van der Waals surface area contributed by atoms with Crippen LogP contribution in [0.3, 0.4) is 0 Å². The SMILES string of the molecule is CCC(C(=O)OC)C(C)(O)c1cccc(-n2cnnn2)c1. The highest BCUT2D eigenvalue weighted by atomic mass is 16.5. The Labute approximate surface area is 122 Å². The number of benzene rings is 1. The molecule has 2 rings (SSSR count). The summed E-state index contributed by atoms with van der Waals surface area (Å²) in [6.07, 6.45) is 1.93. The van der Waals surface area contributed by atoms with Crippen molar-refractivity contribution in [2.75, 3.05) is 7.11 Å². The molecule has 0 amide bonds. The summed E-state index contributed by atoms with van der Waals surface area (Å²) in [5.74, 6) is -1.08. The van der Waals surface area contributed by atoms with Crippen molar-refractivity contribution in [1.82, 2.24) is 20.2 Å². The minimum atomic E-state index is -1.34. The third-order valence-corrected chi connectivity index (χ3v) is 3.62. The Balaban J connectivity index is 2.40. The second kappa shape index (κ2) is 6.01. The Morgan fingerprint density at radius 3 is 2.86 bits per heavy atom. The van der Waals surface area contributed by atoms with Crippen LogP contribution in [0.15, 0.2) is 30.6 Å². The molecule has 2 unspecified atom stereocenters. The summed E-state index contributed by atoms with van der Waals surface area (Å²) in [6.45, 7) is 3.44. The lowest BCUT2D eigenvalue weighted by atomic mass is 9.81. The molecular formula is C14H18N4O3. The smallest absolute Gasteiger partial charge is 0.311 e. The van der Waals surface area contributed by atoms with Crippen LogP contribution in [-0.2, 0) is 15.1 Å². The molecule has 1 aromatic carbocycles. The number of carbonyl (C=O) groups is 1. The van der Waals surface area contributed by atoms with E-state index in [9.17, 15) is 9.90 Å². The van der Waals surface area contributed by atoms with Gasteiger partial charge in [-0.05, 0) is 41.5 Å². The van der Waals surface area contributed by atoms with Crippen LogP contribution in [0.25, 0.3) is 5.69 Å². The van der Waals surface area contributed by atoms with E-state index >= 15 is 0 Å².